The minimum Gasteiger partial charge on any atom is -0.373 e. The van der Waals surface area contributed by atoms with Crippen molar-refractivity contribution < 1.29 is 9.66 Å². The Morgan fingerprint density at radius 1 is 1.74 bits per heavy atom. The van der Waals surface area contributed by atoms with E-state index >= 15 is 0 Å². The number of nitro groups is 1. The highest BCUT2D eigenvalue weighted by molar-refractivity contribution is 5.57. The molecule has 100 valence electrons. The van der Waals surface area contributed by atoms with Crippen LogP contribution in [0.2, 0.25) is 0 Å². The van der Waals surface area contributed by atoms with Gasteiger partial charge in [0.25, 0.3) is 5.69 Å². The van der Waals surface area contributed by atoms with Crippen LogP contribution in [0.4, 0.5) is 11.5 Å². The number of nitrogens with two attached hydrogens (primary N) is 1. The van der Waals surface area contributed by atoms with Crippen molar-refractivity contribution in [2.24, 2.45) is 5.73 Å². The van der Waals surface area contributed by atoms with Crippen molar-refractivity contribution in [2.75, 3.05) is 31.1 Å². The maximum absolute atomic E-state index is 10.7. The summed E-state index contributed by atoms with van der Waals surface area (Å²) in [6.07, 6.45) is 1.04. The van der Waals surface area contributed by atoms with Crippen LogP contribution in [0.1, 0.15) is 5.56 Å². The zero-order chi connectivity index (χ0) is 13.8. The van der Waals surface area contributed by atoms with Crippen LogP contribution in [0.15, 0.2) is 12.3 Å². The molecule has 1 fully saturated rings. The number of rotatable bonds is 3. The first-order valence-electron chi connectivity index (χ1n) is 5.77. The minimum atomic E-state index is -0.570. The van der Waals surface area contributed by atoms with Crippen molar-refractivity contribution >= 4 is 11.5 Å². The highest BCUT2D eigenvalue weighted by Gasteiger charge is 2.23. The Balaban J connectivity index is 2.29. The van der Waals surface area contributed by atoms with E-state index in [0.717, 1.165) is 6.20 Å². The normalized spacial score (nSPS) is 18.9. The Hall–Kier alpha value is -2.24. The van der Waals surface area contributed by atoms with Crippen molar-refractivity contribution in [3.05, 3.63) is 27.9 Å². The molecule has 0 aliphatic carbocycles. The topological polar surface area (TPSA) is 118 Å². The molecule has 0 spiro atoms. The molecule has 2 rings (SSSR count). The summed E-state index contributed by atoms with van der Waals surface area (Å²) in [6.45, 7) is 1.97. The standard InChI is InChI=1S/C11H13N5O3/c12-4-8-3-9(16(17)18)6-14-11(8)15-1-2-19-10(5-13)7-15/h3,6,10H,1-2,5,7,13H2. The molecule has 1 aromatic heterocycles. The maximum atomic E-state index is 10.7. The van der Waals surface area contributed by atoms with Gasteiger partial charge in [-0.25, -0.2) is 4.98 Å². The number of ether oxygens (including phenoxy) is 1. The van der Waals surface area contributed by atoms with E-state index in [4.69, 9.17) is 15.7 Å². The number of anilines is 1. The first-order valence-corrected chi connectivity index (χ1v) is 5.77. The smallest absolute Gasteiger partial charge is 0.289 e. The Labute approximate surface area is 109 Å². The zero-order valence-electron chi connectivity index (χ0n) is 10.2. The molecule has 1 aliphatic rings. The molecule has 1 saturated heterocycles. The molecule has 1 aromatic rings. The Bertz CT molecular complexity index is 528. The van der Waals surface area contributed by atoms with E-state index in [1.807, 2.05) is 11.0 Å². The van der Waals surface area contributed by atoms with E-state index in [2.05, 4.69) is 4.98 Å². The molecule has 0 aromatic carbocycles. The van der Waals surface area contributed by atoms with E-state index in [1.54, 1.807) is 0 Å². The van der Waals surface area contributed by atoms with Crippen LogP contribution in [0.25, 0.3) is 0 Å². The third kappa shape index (κ3) is 2.78. The Kier molecular flexibility index (Phi) is 3.89. The molecular formula is C11H13N5O3. The zero-order valence-corrected chi connectivity index (χ0v) is 10.2. The number of nitrogens with zero attached hydrogens (tertiary/aromatic N) is 4. The van der Waals surface area contributed by atoms with E-state index in [9.17, 15) is 10.1 Å². The van der Waals surface area contributed by atoms with Gasteiger partial charge in [0.1, 0.15) is 23.6 Å². The molecular weight excluding hydrogens is 250 g/mol. The summed E-state index contributed by atoms with van der Waals surface area (Å²) >= 11 is 0. The van der Waals surface area contributed by atoms with Gasteiger partial charge in [-0.2, -0.15) is 5.26 Å². The highest BCUT2D eigenvalue weighted by atomic mass is 16.6. The van der Waals surface area contributed by atoms with E-state index in [1.165, 1.54) is 6.07 Å². The predicted octanol–water partition coefficient (Wildman–Crippen LogP) is 0.0254. The van der Waals surface area contributed by atoms with Crippen molar-refractivity contribution in [1.82, 2.24) is 4.98 Å². The van der Waals surface area contributed by atoms with Gasteiger partial charge in [-0.15, -0.1) is 0 Å². The molecule has 1 atom stereocenters. The van der Waals surface area contributed by atoms with Gasteiger partial charge in [0.05, 0.1) is 17.6 Å². The quantitative estimate of drug-likeness (QED) is 0.603. The Morgan fingerprint density at radius 3 is 3.16 bits per heavy atom. The summed E-state index contributed by atoms with van der Waals surface area (Å²) in [5, 5.41) is 19.7. The number of pyridine rings is 1. The van der Waals surface area contributed by atoms with Crippen LogP contribution in [0.5, 0.6) is 0 Å². The SMILES string of the molecule is N#Cc1cc([N+](=O)[O-])cnc1N1CCOC(CN)C1. The van der Waals surface area contributed by atoms with Gasteiger partial charge < -0.3 is 15.4 Å². The predicted molar refractivity (Wildman–Crippen MR) is 66.6 cm³/mol. The summed E-state index contributed by atoms with van der Waals surface area (Å²) in [5.41, 5.74) is 5.55. The summed E-state index contributed by atoms with van der Waals surface area (Å²) in [5.74, 6) is 0.440. The van der Waals surface area contributed by atoms with Gasteiger partial charge in [-0.3, -0.25) is 10.1 Å². The summed E-state index contributed by atoms with van der Waals surface area (Å²) in [7, 11) is 0. The molecule has 0 saturated carbocycles. The van der Waals surface area contributed by atoms with E-state index in [0.29, 0.717) is 32.1 Å². The Morgan fingerprint density at radius 2 is 2.53 bits per heavy atom. The molecule has 8 heteroatoms. The van der Waals surface area contributed by atoms with E-state index in [-0.39, 0.29) is 17.4 Å². The van der Waals surface area contributed by atoms with Crippen molar-refractivity contribution in [1.29, 1.82) is 5.26 Å². The van der Waals surface area contributed by atoms with E-state index < -0.39 is 4.92 Å². The fourth-order valence-electron chi connectivity index (χ4n) is 1.93. The monoisotopic (exact) mass is 263 g/mol. The number of morpholine rings is 1. The lowest BCUT2D eigenvalue weighted by molar-refractivity contribution is -0.385. The number of hydrogen-bond acceptors (Lipinski definition) is 7. The van der Waals surface area contributed by atoms with Crippen LogP contribution in [0.3, 0.4) is 0 Å². The van der Waals surface area contributed by atoms with Gasteiger partial charge in [-0.05, 0) is 0 Å². The molecule has 0 amide bonds. The van der Waals surface area contributed by atoms with Crippen molar-refractivity contribution in [2.45, 2.75) is 6.10 Å². The van der Waals surface area contributed by atoms with Crippen LogP contribution >= 0.6 is 0 Å². The molecule has 2 N–H and O–H groups in total. The summed E-state index contributed by atoms with van der Waals surface area (Å²) < 4.78 is 5.43. The van der Waals surface area contributed by atoms with Crippen LogP contribution in [-0.4, -0.2) is 42.3 Å². The average Bonchev–Trinajstić information content (AvgIpc) is 2.46. The number of hydrogen-bond donors (Lipinski definition) is 1. The second kappa shape index (κ2) is 5.60. The third-order valence-electron chi connectivity index (χ3n) is 2.88. The molecule has 2 heterocycles. The van der Waals surface area contributed by atoms with Gasteiger partial charge >= 0.3 is 0 Å². The largest absolute Gasteiger partial charge is 0.373 e. The molecule has 1 unspecified atom stereocenters. The van der Waals surface area contributed by atoms with Crippen LogP contribution in [0, 0.1) is 21.4 Å². The number of aromatic nitrogens is 1. The first-order chi connectivity index (χ1) is 9.15. The lowest BCUT2D eigenvalue weighted by atomic mass is 10.2. The second-order valence-electron chi connectivity index (χ2n) is 4.11. The number of nitriles is 1. The third-order valence-corrected chi connectivity index (χ3v) is 2.88. The van der Waals surface area contributed by atoms with Gasteiger partial charge in [0.2, 0.25) is 0 Å². The van der Waals surface area contributed by atoms with Crippen molar-refractivity contribution in [3.63, 3.8) is 0 Å². The molecule has 8 nitrogen and oxygen atoms in total. The van der Waals surface area contributed by atoms with Crippen molar-refractivity contribution in [3.8, 4) is 6.07 Å². The fraction of sp³-hybridized carbons (Fsp3) is 0.455. The molecule has 19 heavy (non-hydrogen) atoms. The highest BCUT2D eigenvalue weighted by Crippen LogP contribution is 2.23. The molecule has 0 bridgehead atoms. The van der Waals surface area contributed by atoms with Crippen LogP contribution < -0.4 is 10.6 Å². The van der Waals surface area contributed by atoms with Crippen LogP contribution in [-0.2, 0) is 4.74 Å². The van der Waals surface area contributed by atoms with Gasteiger partial charge in [0.15, 0.2) is 0 Å². The average molecular weight is 263 g/mol. The fourth-order valence-corrected chi connectivity index (χ4v) is 1.93. The maximum Gasteiger partial charge on any atom is 0.289 e. The summed E-state index contributed by atoms with van der Waals surface area (Å²) in [4.78, 5) is 16.0. The lowest BCUT2D eigenvalue weighted by Gasteiger charge is -2.33. The second-order valence-corrected chi connectivity index (χ2v) is 4.11. The minimum absolute atomic E-state index is 0.114. The molecule has 0 radical (unpaired) electrons. The molecule has 1 aliphatic heterocycles. The van der Waals surface area contributed by atoms with Gasteiger partial charge in [0, 0.05) is 25.7 Å². The van der Waals surface area contributed by atoms with Gasteiger partial charge in [-0.1, -0.05) is 0 Å². The first kappa shape index (κ1) is 13.2. The summed E-state index contributed by atoms with van der Waals surface area (Å²) in [6, 6.07) is 3.17. The lowest BCUT2D eigenvalue weighted by Crippen LogP contribution is -2.46.